The van der Waals surface area contributed by atoms with Crippen LogP contribution < -0.4 is 5.32 Å². The van der Waals surface area contributed by atoms with Crippen LogP contribution in [0.15, 0.2) is 30.6 Å². The topological polar surface area (TPSA) is 42.7 Å². The highest BCUT2D eigenvalue weighted by Crippen LogP contribution is 2.25. The van der Waals surface area contributed by atoms with E-state index in [1.54, 1.807) is 6.33 Å². The van der Waals surface area contributed by atoms with Crippen molar-refractivity contribution in [3.05, 3.63) is 30.6 Å². The minimum atomic E-state index is 0.894. The van der Waals surface area contributed by atoms with E-state index in [9.17, 15) is 0 Å². The molecule has 102 valence electrons. The minimum absolute atomic E-state index is 0.894. The van der Waals surface area contributed by atoms with E-state index in [1.165, 1.54) is 17.9 Å². The molecule has 0 fully saturated rings. The first-order valence-electron chi connectivity index (χ1n) is 6.58. The first-order valence-corrected chi connectivity index (χ1v) is 7.73. The number of nitrogens with one attached hydrogen (secondary N) is 1. The molecule has 0 bridgehead atoms. The van der Waals surface area contributed by atoms with Crippen LogP contribution in [0.5, 0.6) is 0 Å². The minimum Gasteiger partial charge on any atom is -0.384 e. The second-order valence-electron chi connectivity index (χ2n) is 4.29. The molecule has 1 aromatic heterocycles. The fourth-order valence-electron chi connectivity index (χ4n) is 1.90. The number of rotatable bonds is 7. The average molecular weight is 276 g/mol. The summed E-state index contributed by atoms with van der Waals surface area (Å²) in [5.41, 5.74) is 2.23. The molecule has 0 saturated carbocycles. The lowest BCUT2D eigenvalue weighted by molar-refractivity contribution is 0.918. The standard InChI is InChI=1S/C14H20N4S/c1-3-19-10-6-9-15-13-8-5-4-7-12(13)14-17-16-11-18(14)2/h4-5,7-8,11,15H,3,6,9-10H2,1-2H3. The van der Waals surface area contributed by atoms with E-state index in [4.69, 9.17) is 0 Å². The highest BCUT2D eigenvalue weighted by atomic mass is 32.2. The number of aromatic nitrogens is 3. The van der Waals surface area contributed by atoms with Gasteiger partial charge < -0.3 is 9.88 Å². The Morgan fingerprint density at radius 1 is 1.32 bits per heavy atom. The Bertz CT molecular complexity index is 510. The van der Waals surface area contributed by atoms with E-state index in [0.717, 1.165) is 23.6 Å². The van der Waals surface area contributed by atoms with Crippen LogP contribution in [-0.2, 0) is 7.05 Å². The van der Waals surface area contributed by atoms with Gasteiger partial charge in [0.2, 0.25) is 0 Å². The fourth-order valence-corrected chi connectivity index (χ4v) is 2.54. The van der Waals surface area contributed by atoms with Gasteiger partial charge in [-0.05, 0) is 30.1 Å². The summed E-state index contributed by atoms with van der Waals surface area (Å²) < 4.78 is 1.94. The second-order valence-corrected chi connectivity index (χ2v) is 5.68. The molecule has 19 heavy (non-hydrogen) atoms. The summed E-state index contributed by atoms with van der Waals surface area (Å²) in [5, 5.41) is 11.6. The van der Waals surface area contributed by atoms with E-state index in [-0.39, 0.29) is 0 Å². The maximum atomic E-state index is 4.17. The largest absolute Gasteiger partial charge is 0.384 e. The van der Waals surface area contributed by atoms with Gasteiger partial charge >= 0.3 is 0 Å². The monoisotopic (exact) mass is 276 g/mol. The van der Waals surface area contributed by atoms with Gasteiger partial charge in [0, 0.05) is 24.8 Å². The zero-order valence-corrected chi connectivity index (χ0v) is 12.3. The van der Waals surface area contributed by atoms with Crippen LogP contribution >= 0.6 is 11.8 Å². The van der Waals surface area contributed by atoms with Crippen molar-refractivity contribution in [2.45, 2.75) is 13.3 Å². The van der Waals surface area contributed by atoms with Gasteiger partial charge in [-0.3, -0.25) is 0 Å². The van der Waals surface area contributed by atoms with E-state index >= 15 is 0 Å². The Hall–Kier alpha value is -1.49. The fraction of sp³-hybridized carbons (Fsp3) is 0.429. The van der Waals surface area contributed by atoms with Crippen LogP contribution in [0.25, 0.3) is 11.4 Å². The third-order valence-corrected chi connectivity index (χ3v) is 3.85. The molecule has 2 aromatic rings. The average Bonchev–Trinajstić information content (AvgIpc) is 2.85. The summed E-state index contributed by atoms with van der Waals surface area (Å²) in [4.78, 5) is 0. The Morgan fingerprint density at radius 2 is 2.16 bits per heavy atom. The van der Waals surface area contributed by atoms with Crippen molar-refractivity contribution in [3.8, 4) is 11.4 Å². The molecular weight excluding hydrogens is 256 g/mol. The van der Waals surface area contributed by atoms with Gasteiger partial charge in [-0.1, -0.05) is 19.1 Å². The van der Waals surface area contributed by atoms with Gasteiger partial charge in [0.15, 0.2) is 5.82 Å². The molecule has 0 spiro atoms. The van der Waals surface area contributed by atoms with Gasteiger partial charge in [-0.15, -0.1) is 10.2 Å². The molecule has 0 unspecified atom stereocenters. The van der Waals surface area contributed by atoms with Gasteiger partial charge in [-0.2, -0.15) is 11.8 Å². The van der Waals surface area contributed by atoms with Gasteiger partial charge in [-0.25, -0.2) is 0 Å². The number of hydrogen-bond donors (Lipinski definition) is 1. The molecule has 0 aliphatic carbocycles. The van der Waals surface area contributed by atoms with Crippen molar-refractivity contribution < 1.29 is 0 Å². The molecule has 5 heteroatoms. The molecule has 0 aliphatic rings. The zero-order valence-electron chi connectivity index (χ0n) is 11.5. The maximum absolute atomic E-state index is 4.17. The molecule has 0 saturated heterocycles. The molecule has 0 amide bonds. The predicted octanol–water partition coefficient (Wildman–Crippen LogP) is 3.04. The lowest BCUT2D eigenvalue weighted by Crippen LogP contribution is -2.05. The Morgan fingerprint density at radius 3 is 2.89 bits per heavy atom. The van der Waals surface area contributed by atoms with Crippen molar-refractivity contribution in [3.63, 3.8) is 0 Å². The van der Waals surface area contributed by atoms with E-state index in [1.807, 2.05) is 35.5 Å². The SMILES string of the molecule is CCSCCCNc1ccccc1-c1nncn1C. The van der Waals surface area contributed by atoms with Gasteiger partial charge in [0.1, 0.15) is 6.33 Å². The Labute approximate surface area is 118 Å². The maximum Gasteiger partial charge on any atom is 0.165 e. The number of aryl methyl sites for hydroxylation is 1. The van der Waals surface area contributed by atoms with Crippen LogP contribution in [-0.4, -0.2) is 32.8 Å². The molecule has 1 aromatic carbocycles. The van der Waals surface area contributed by atoms with Crippen molar-refractivity contribution in [1.82, 2.24) is 14.8 Å². The summed E-state index contributed by atoms with van der Waals surface area (Å²) >= 11 is 1.98. The number of nitrogens with zero attached hydrogens (tertiary/aromatic N) is 3. The number of anilines is 1. The third-order valence-electron chi connectivity index (χ3n) is 2.86. The van der Waals surface area contributed by atoms with E-state index in [0.29, 0.717) is 0 Å². The van der Waals surface area contributed by atoms with E-state index in [2.05, 4.69) is 34.6 Å². The molecule has 0 radical (unpaired) electrons. The van der Waals surface area contributed by atoms with Crippen LogP contribution in [0.4, 0.5) is 5.69 Å². The lowest BCUT2D eigenvalue weighted by Gasteiger charge is -2.11. The highest BCUT2D eigenvalue weighted by molar-refractivity contribution is 7.99. The zero-order chi connectivity index (χ0) is 13.5. The third kappa shape index (κ3) is 3.73. The number of hydrogen-bond acceptors (Lipinski definition) is 4. The normalized spacial score (nSPS) is 10.6. The summed E-state index contributed by atoms with van der Waals surface area (Å²) in [6, 6.07) is 8.25. The Kier molecular flexibility index (Phi) is 5.27. The summed E-state index contributed by atoms with van der Waals surface area (Å²) in [7, 11) is 1.96. The first-order chi connectivity index (χ1) is 9.33. The molecule has 0 aliphatic heterocycles. The summed E-state index contributed by atoms with van der Waals surface area (Å²) in [6.45, 7) is 3.18. The molecule has 4 nitrogen and oxygen atoms in total. The van der Waals surface area contributed by atoms with Crippen molar-refractivity contribution in [2.75, 3.05) is 23.4 Å². The van der Waals surface area contributed by atoms with Crippen LogP contribution in [0, 0.1) is 0 Å². The van der Waals surface area contributed by atoms with Gasteiger partial charge in [0.05, 0.1) is 0 Å². The van der Waals surface area contributed by atoms with Crippen LogP contribution in [0.2, 0.25) is 0 Å². The summed E-state index contributed by atoms with van der Waals surface area (Å²) in [5.74, 6) is 3.29. The van der Waals surface area contributed by atoms with Crippen molar-refractivity contribution in [1.29, 1.82) is 0 Å². The van der Waals surface area contributed by atoms with Crippen molar-refractivity contribution in [2.24, 2.45) is 7.05 Å². The number of thioether (sulfide) groups is 1. The lowest BCUT2D eigenvalue weighted by atomic mass is 10.1. The van der Waals surface area contributed by atoms with Gasteiger partial charge in [0.25, 0.3) is 0 Å². The smallest absolute Gasteiger partial charge is 0.165 e. The van der Waals surface area contributed by atoms with Crippen LogP contribution in [0.1, 0.15) is 13.3 Å². The molecule has 0 atom stereocenters. The van der Waals surface area contributed by atoms with E-state index < -0.39 is 0 Å². The molecule has 1 heterocycles. The highest BCUT2D eigenvalue weighted by Gasteiger charge is 2.08. The molecule has 2 rings (SSSR count). The molecule has 1 N–H and O–H groups in total. The van der Waals surface area contributed by atoms with Crippen molar-refractivity contribution >= 4 is 17.4 Å². The predicted molar refractivity (Wildman–Crippen MR) is 82.5 cm³/mol. The second kappa shape index (κ2) is 7.19. The summed E-state index contributed by atoms with van der Waals surface area (Å²) in [6.07, 6.45) is 2.90. The quantitative estimate of drug-likeness (QED) is 0.789. The molecular formula is C14H20N4S. The number of benzene rings is 1. The van der Waals surface area contributed by atoms with Crippen LogP contribution in [0.3, 0.4) is 0 Å². The number of para-hydroxylation sites is 1. The Balaban J connectivity index is 2.03. The first kappa shape index (κ1) is 13.9.